The highest BCUT2D eigenvalue weighted by Crippen LogP contribution is 2.39. The summed E-state index contributed by atoms with van der Waals surface area (Å²) in [5, 5.41) is 10.0. The molecule has 216 valence electrons. The molecule has 1 aliphatic carbocycles. The van der Waals surface area contributed by atoms with E-state index in [-0.39, 0.29) is 40.7 Å². The van der Waals surface area contributed by atoms with E-state index in [0.29, 0.717) is 12.6 Å². The zero-order valence-corrected chi connectivity index (χ0v) is 23.6. The lowest BCUT2D eigenvalue weighted by atomic mass is 9.95. The molecule has 2 atom stereocenters. The zero-order chi connectivity index (χ0) is 29.5. The number of piperazine rings is 1. The van der Waals surface area contributed by atoms with E-state index >= 15 is 0 Å². The van der Waals surface area contributed by atoms with E-state index in [9.17, 15) is 39.5 Å². The molecule has 2 aliphatic rings. The Hall–Kier alpha value is -2.65. The molecule has 0 spiro atoms. The van der Waals surface area contributed by atoms with Gasteiger partial charge in [0.2, 0.25) is 10.0 Å². The predicted molar refractivity (Wildman–Crippen MR) is 147 cm³/mol. The lowest BCUT2D eigenvalue weighted by Gasteiger charge is -2.42. The van der Waals surface area contributed by atoms with Crippen LogP contribution in [-0.4, -0.2) is 68.7 Å². The van der Waals surface area contributed by atoms with E-state index in [1.807, 2.05) is 0 Å². The van der Waals surface area contributed by atoms with Crippen LogP contribution in [0.4, 0.5) is 23.2 Å². The summed E-state index contributed by atoms with van der Waals surface area (Å²) in [4.78, 5) is 1.63. The fourth-order valence-electron chi connectivity index (χ4n) is 4.55. The number of anilines is 1. The summed E-state index contributed by atoms with van der Waals surface area (Å²) >= 11 is 5.24. The Morgan fingerprint density at radius 3 is 2.20 bits per heavy atom. The van der Waals surface area contributed by atoms with Gasteiger partial charge in [0, 0.05) is 36.6 Å². The van der Waals surface area contributed by atoms with Gasteiger partial charge in [-0.15, -0.1) is 0 Å². The number of rotatable bonds is 7. The maximum Gasteiger partial charge on any atom is 0.421 e. The summed E-state index contributed by atoms with van der Waals surface area (Å²) in [7, 11) is -8.11. The molecule has 1 heterocycles. The number of alkyl halides is 3. The van der Waals surface area contributed by atoms with Gasteiger partial charge < -0.3 is 10.0 Å². The fraction of sp³-hybridized carbons (Fsp3) is 0.346. The Kier molecular flexibility index (Phi) is 8.31. The molecule has 1 fully saturated rings. The lowest BCUT2D eigenvalue weighted by Crippen LogP contribution is -2.57. The molecule has 7 nitrogen and oxygen atoms in total. The van der Waals surface area contributed by atoms with Crippen LogP contribution in [0.1, 0.15) is 18.9 Å². The van der Waals surface area contributed by atoms with E-state index in [1.54, 1.807) is 17.1 Å². The van der Waals surface area contributed by atoms with Crippen LogP contribution in [0, 0.1) is 5.82 Å². The van der Waals surface area contributed by atoms with Gasteiger partial charge in [-0.05, 0) is 55.0 Å². The number of hydrogen-bond acceptors (Lipinski definition) is 7. The fourth-order valence-corrected chi connectivity index (χ4v) is 8.16. The van der Waals surface area contributed by atoms with Crippen molar-refractivity contribution in [1.82, 2.24) is 4.31 Å². The maximum absolute atomic E-state index is 13.5. The van der Waals surface area contributed by atoms with Gasteiger partial charge in [-0.3, -0.25) is 0 Å². The molecule has 0 aromatic heterocycles. The van der Waals surface area contributed by atoms with Crippen molar-refractivity contribution in [1.29, 1.82) is 0 Å². The van der Waals surface area contributed by atoms with Gasteiger partial charge in [0.05, 0.1) is 21.6 Å². The van der Waals surface area contributed by atoms with E-state index < -0.39 is 54.8 Å². The highest BCUT2D eigenvalue weighted by molar-refractivity contribution is 7.96. The van der Waals surface area contributed by atoms with Crippen LogP contribution in [-0.2, 0) is 25.5 Å². The van der Waals surface area contributed by atoms with Gasteiger partial charge in [0.15, 0.2) is 15.4 Å². The van der Waals surface area contributed by atoms with Gasteiger partial charge in [-0.25, -0.2) is 21.2 Å². The van der Waals surface area contributed by atoms with Crippen LogP contribution in [0.5, 0.6) is 0 Å². The van der Waals surface area contributed by atoms with Gasteiger partial charge in [-0.1, -0.05) is 36.5 Å². The van der Waals surface area contributed by atoms with E-state index in [2.05, 4.69) is 0 Å². The summed E-state index contributed by atoms with van der Waals surface area (Å²) in [5.41, 5.74) is -3.18. The number of benzene rings is 2. The molecule has 14 heteroatoms. The van der Waals surface area contributed by atoms with Gasteiger partial charge in [0.25, 0.3) is 0 Å². The minimum Gasteiger partial charge on any atom is -0.376 e. The highest BCUT2D eigenvalue weighted by Gasteiger charge is 2.51. The molecule has 1 saturated heterocycles. The zero-order valence-electron chi connectivity index (χ0n) is 21.2. The number of nitrogens with zero attached hydrogens (tertiary/aromatic N) is 2. The third-order valence-electron chi connectivity index (χ3n) is 6.92. The van der Waals surface area contributed by atoms with Crippen molar-refractivity contribution in [2.45, 2.75) is 36.1 Å². The van der Waals surface area contributed by atoms with Crippen molar-refractivity contribution in [3.05, 3.63) is 83.0 Å². The second kappa shape index (κ2) is 11.0. The first-order valence-corrected chi connectivity index (χ1v) is 15.6. The monoisotopic (exact) mass is 618 g/mol. The Bertz CT molecular complexity index is 1550. The van der Waals surface area contributed by atoms with Crippen LogP contribution < -0.4 is 4.90 Å². The Morgan fingerprint density at radius 2 is 1.62 bits per heavy atom. The molecular weight excluding hydrogens is 592 g/mol. The second-order valence-corrected chi connectivity index (χ2v) is 14.1. The van der Waals surface area contributed by atoms with Crippen LogP contribution in [0.25, 0.3) is 0 Å². The van der Waals surface area contributed by atoms with Crippen molar-refractivity contribution < 1.29 is 39.5 Å². The Morgan fingerprint density at radius 1 is 1.00 bits per heavy atom. The molecule has 2 aromatic carbocycles. The lowest BCUT2D eigenvalue weighted by molar-refractivity contribution is -0.258. The molecule has 0 amide bonds. The van der Waals surface area contributed by atoms with Crippen LogP contribution in [0.15, 0.2) is 76.6 Å². The van der Waals surface area contributed by atoms with Gasteiger partial charge in [0.1, 0.15) is 5.82 Å². The molecule has 1 aliphatic heterocycles. The average Bonchev–Trinajstić information content (AvgIpc) is 2.88. The smallest absolute Gasteiger partial charge is 0.376 e. The Balaban J connectivity index is 1.69. The van der Waals surface area contributed by atoms with Crippen LogP contribution in [0.3, 0.4) is 0 Å². The van der Waals surface area contributed by atoms with Gasteiger partial charge in [-0.2, -0.15) is 17.5 Å². The number of hydrogen-bond donors (Lipinski definition) is 1. The number of sulfone groups is 1. The summed E-state index contributed by atoms with van der Waals surface area (Å²) in [5.74, 6) is -1.19. The molecule has 2 aromatic rings. The van der Waals surface area contributed by atoms with E-state index in [1.165, 1.54) is 18.2 Å². The molecular formula is C26H26F4N2O5S3. The van der Waals surface area contributed by atoms with Crippen molar-refractivity contribution in [2.24, 2.45) is 0 Å². The maximum atomic E-state index is 13.5. The number of allylic oxidation sites excluding steroid dienone is 4. The standard InChI is InChI=1S/C26H26F4N2O5S3/c1-25(33,26(28,29)30)18-6-10-20(11-7-18)32-15-14-31(40(36,37)24-5-3-2-4-23(24)38)16-21(32)17-39(34,35)22-12-8-19(27)9-13-22/h2-3,5-13,21,33H,4,14-17H2,1H3/t21-,25-/m1/s1. The third kappa shape index (κ3) is 6.00. The van der Waals surface area contributed by atoms with E-state index in [4.69, 9.17) is 12.2 Å². The number of thiocarbonyl (C=S) groups is 1. The summed E-state index contributed by atoms with van der Waals surface area (Å²) in [6, 6.07) is 8.08. The largest absolute Gasteiger partial charge is 0.421 e. The molecule has 4 rings (SSSR count). The average molecular weight is 619 g/mol. The molecule has 1 N–H and O–H groups in total. The van der Waals surface area contributed by atoms with Crippen molar-refractivity contribution in [2.75, 3.05) is 30.3 Å². The molecule has 0 radical (unpaired) electrons. The minimum absolute atomic E-state index is 0.0216. The first kappa shape index (κ1) is 30.3. The first-order chi connectivity index (χ1) is 18.5. The second-order valence-electron chi connectivity index (χ2n) is 9.65. The molecule has 40 heavy (non-hydrogen) atoms. The minimum atomic E-state index is -4.93. The summed E-state index contributed by atoms with van der Waals surface area (Å²) < 4.78 is 108. The van der Waals surface area contributed by atoms with Gasteiger partial charge >= 0.3 is 6.18 Å². The normalized spacial score (nSPS) is 20.8. The molecule has 0 bridgehead atoms. The third-order valence-corrected chi connectivity index (χ3v) is 11.2. The quantitative estimate of drug-likeness (QED) is 0.284. The summed E-state index contributed by atoms with van der Waals surface area (Å²) in [6.45, 7) is 0.354. The summed E-state index contributed by atoms with van der Waals surface area (Å²) in [6.07, 6.45) is 0.0354. The van der Waals surface area contributed by atoms with Crippen molar-refractivity contribution in [3.8, 4) is 0 Å². The van der Waals surface area contributed by atoms with Crippen molar-refractivity contribution in [3.63, 3.8) is 0 Å². The highest BCUT2D eigenvalue weighted by atomic mass is 32.2. The number of sulfonamides is 1. The van der Waals surface area contributed by atoms with Crippen molar-refractivity contribution >= 4 is 42.6 Å². The predicted octanol–water partition coefficient (Wildman–Crippen LogP) is 4.10. The van der Waals surface area contributed by atoms with Crippen LogP contribution >= 0.6 is 12.2 Å². The Labute approximate surface area is 235 Å². The van der Waals surface area contributed by atoms with Crippen LogP contribution in [0.2, 0.25) is 0 Å². The SMILES string of the molecule is C[C@@](O)(c1ccc(N2CCN(S(=O)(=O)C3=CC=CCC3=S)C[C@@H]2CS(=O)(=O)c2ccc(F)cc2)cc1)C(F)(F)F. The number of aliphatic hydroxyl groups is 1. The molecule has 0 saturated carbocycles. The first-order valence-electron chi connectivity index (χ1n) is 12.1. The van der Waals surface area contributed by atoms with E-state index in [0.717, 1.165) is 40.7 Å². The number of halogens is 4. The topological polar surface area (TPSA) is 95.0 Å². The molecule has 0 unspecified atom stereocenters.